The van der Waals surface area contributed by atoms with Gasteiger partial charge in [0.2, 0.25) is 0 Å². The molecule has 0 aromatic carbocycles. The molecule has 1 saturated heterocycles. The van der Waals surface area contributed by atoms with E-state index in [2.05, 4.69) is 43.1 Å². The molecule has 1 aromatic rings. The summed E-state index contributed by atoms with van der Waals surface area (Å²) < 4.78 is 2.03. The van der Waals surface area contributed by atoms with Crippen molar-refractivity contribution in [3.05, 3.63) is 5.69 Å². The molecule has 94 valence electrons. The molecule has 1 aromatic heterocycles. The summed E-state index contributed by atoms with van der Waals surface area (Å²) >= 11 is 0. The van der Waals surface area contributed by atoms with E-state index in [9.17, 15) is 0 Å². The van der Waals surface area contributed by atoms with Gasteiger partial charge in [-0.15, -0.1) is 0 Å². The van der Waals surface area contributed by atoms with Gasteiger partial charge >= 0.3 is 0 Å². The number of aryl methyl sites for hydroxylation is 2. The Kier molecular flexibility index (Phi) is 2.19. The Bertz CT molecular complexity index is 447. The Balaban J connectivity index is 2.07. The first-order valence-electron chi connectivity index (χ1n) is 6.55. The average Bonchev–Trinajstić information content (AvgIpc) is 2.54. The lowest BCUT2D eigenvalue weighted by atomic mass is 9.75. The lowest BCUT2D eigenvalue weighted by Crippen LogP contribution is -2.56. The highest BCUT2D eigenvalue weighted by Gasteiger charge is 2.42. The molecule has 17 heavy (non-hydrogen) atoms. The first kappa shape index (κ1) is 10.9. The Hall–Kier alpha value is -1.19. The van der Waals surface area contributed by atoms with Crippen LogP contribution in [0.4, 0.5) is 11.5 Å². The predicted molar refractivity (Wildman–Crippen MR) is 70.6 cm³/mol. The number of nitrogens with one attached hydrogen (secondary N) is 1. The predicted octanol–water partition coefficient (Wildman–Crippen LogP) is 2.15. The number of rotatable bonds is 0. The highest BCUT2D eigenvalue weighted by molar-refractivity contribution is 5.72. The van der Waals surface area contributed by atoms with Crippen molar-refractivity contribution < 1.29 is 0 Å². The minimum absolute atomic E-state index is 0.390. The summed E-state index contributed by atoms with van der Waals surface area (Å²) in [6.07, 6.45) is 2.61. The van der Waals surface area contributed by atoms with Gasteiger partial charge in [-0.05, 0) is 25.2 Å². The fraction of sp³-hybridized carbons (Fsp3) is 0.769. The van der Waals surface area contributed by atoms with Crippen LogP contribution in [0.3, 0.4) is 0 Å². The third-order valence-electron chi connectivity index (χ3n) is 4.43. The van der Waals surface area contributed by atoms with Gasteiger partial charge in [0.05, 0.1) is 11.7 Å². The standard InChI is InChI=1S/C13H22N4/c1-9-11-12(16(4)15-9)17-7-5-6-13(2,3)10(17)8-14-11/h10,14H,5-8H2,1-4H3. The molecule has 1 N–H and O–H groups in total. The van der Waals surface area contributed by atoms with Crippen molar-refractivity contribution in [2.75, 3.05) is 23.3 Å². The van der Waals surface area contributed by atoms with Gasteiger partial charge in [0.15, 0.2) is 5.82 Å². The fourth-order valence-corrected chi connectivity index (χ4v) is 3.47. The number of fused-ring (bicyclic) bond motifs is 3. The third kappa shape index (κ3) is 1.46. The molecule has 4 nitrogen and oxygen atoms in total. The van der Waals surface area contributed by atoms with Crippen LogP contribution >= 0.6 is 0 Å². The van der Waals surface area contributed by atoms with E-state index in [1.807, 2.05) is 4.68 Å². The largest absolute Gasteiger partial charge is 0.378 e. The third-order valence-corrected chi connectivity index (χ3v) is 4.43. The maximum Gasteiger partial charge on any atom is 0.150 e. The molecule has 2 aliphatic heterocycles. The minimum Gasteiger partial charge on any atom is -0.378 e. The number of hydrogen-bond acceptors (Lipinski definition) is 3. The van der Waals surface area contributed by atoms with Crippen LogP contribution in [0.2, 0.25) is 0 Å². The van der Waals surface area contributed by atoms with Gasteiger partial charge in [-0.25, -0.2) is 0 Å². The molecule has 0 radical (unpaired) electrons. The second-order valence-electron chi connectivity index (χ2n) is 6.09. The Morgan fingerprint density at radius 1 is 1.41 bits per heavy atom. The van der Waals surface area contributed by atoms with Gasteiger partial charge in [0, 0.05) is 20.1 Å². The van der Waals surface area contributed by atoms with E-state index in [4.69, 9.17) is 0 Å². The van der Waals surface area contributed by atoms with Crippen molar-refractivity contribution in [2.24, 2.45) is 12.5 Å². The van der Waals surface area contributed by atoms with Gasteiger partial charge < -0.3 is 10.2 Å². The zero-order valence-corrected chi connectivity index (χ0v) is 11.2. The van der Waals surface area contributed by atoms with E-state index in [0.717, 1.165) is 12.2 Å². The molecule has 1 unspecified atom stereocenters. The molecule has 3 heterocycles. The summed E-state index contributed by atoms with van der Waals surface area (Å²) in [6, 6.07) is 0.596. The molecule has 0 aliphatic carbocycles. The van der Waals surface area contributed by atoms with Gasteiger partial charge in [0.1, 0.15) is 5.69 Å². The second kappa shape index (κ2) is 3.40. The lowest BCUT2D eigenvalue weighted by molar-refractivity contribution is 0.215. The smallest absolute Gasteiger partial charge is 0.150 e. The summed E-state index contributed by atoms with van der Waals surface area (Å²) in [5.74, 6) is 1.28. The number of hydrogen-bond donors (Lipinski definition) is 1. The van der Waals surface area contributed by atoms with Crippen LogP contribution in [-0.4, -0.2) is 28.9 Å². The normalized spacial score (nSPS) is 26.1. The highest BCUT2D eigenvalue weighted by Crippen LogP contribution is 2.43. The lowest BCUT2D eigenvalue weighted by Gasteiger charge is -2.50. The zero-order valence-electron chi connectivity index (χ0n) is 11.2. The van der Waals surface area contributed by atoms with E-state index in [0.29, 0.717) is 11.5 Å². The molecule has 1 fully saturated rings. The number of anilines is 2. The molecule has 4 heteroatoms. The van der Waals surface area contributed by atoms with Crippen LogP contribution in [-0.2, 0) is 7.05 Å². The van der Waals surface area contributed by atoms with E-state index in [1.54, 1.807) is 0 Å². The van der Waals surface area contributed by atoms with Crippen molar-refractivity contribution in [3.63, 3.8) is 0 Å². The summed E-state index contributed by atoms with van der Waals surface area (Å²) in [5, 5.41) is 8.13. The second-order valence-corrected chi connectivity index (χ2v) is 6.09. The molecule has 0 bridgehead atoms. The topological polar surface area (TPSA) is 33.1 Å². The van der Waals surface area contributed by atoms with Crippen LogP contribution in [0.1, 0.15) is 32.4 Å². The first-order chi connectivity index (χ1) is 8.00. The highest BCUT2D eigenvalue weighted by atomic mass is 15.4. The Labute approximate surface area is 103 Å². The maximum atomic E-state index is 4.54. The molecule has 0 spiro atoms. The minimum atomic E-state index is 0.390. The van der Waals surface area contributed by atoms with Crippen molar-refractivity contribution >= 4 is 11.5 Å². The quantitative estimate of drug-likeness (QED) is 0.746. The number of nitrogens with zero attached hydrogens (tertiary/aromatic N) is 3. The van der Waals surface area contributed by atoms with Crippen LogP contribution in [0.15, 0.2) is 0 Å². The van der Waals surface area contributed by atoms with E-state index < -0.39 is 0 Å². The molecule has 3 rings (SSSR count). The van der Waals surface area contributed by atoms with Crippen molar-refractivity contribution in [2.45, 2.75) is 39.7 Å². The molecular formula is C13H22N4. The van der Waals surface area contributed by atoms with Gasteiger partial charge in [0.25, 0.3) is 0 Å². The average molecular weight is 234 g/mol. The number of aromatic nitrogens is 2. The monoisotopic (exact) mass is 234 g/mol. The van der Waals surface area contributed by atoms with Crippen LogP contribution in [0, 0.1) is 12.3 Å². The summed E-state index contributed by atoms with van der Waals surface area (Å²) in [4.78, 5) is 2.56. The van der Waals surface area contributed by atoms with Crippen LogP contribution in [0.25, 0.3) is 0 Å². The zero-order chi connectivity index (χ0) is 12.2. The molecular weight excluding hydrogens is 212 g/mol. The fourth-order valence-electron chi connectivity index (χ4n) is 3.47. The van der Waals surface area contributed by atoms with Gasteiger partial charge in [-0.1, -0.05) is 13.8 Å². The van der Waals surface area contributed by atoms with Crippen molar-refractivity contribution in [1.82, 2.24) is 9.78 Å². The van der Waals surface area contributed by atoms with Crippen molar-refractivity contribution in [3.8, 4) is 0 Å². The van der Waals surface area contributed by atoms with Crippen molar-refractivity contribution in [1.29, 1.82) is 0 Å². The Morgan fingerprint density at radius 2 is 2.18 bits per heavy atom. The molecule has 1 atom stereocenters. The molecule has 2 aliphatic rings. The summed E-state index contributed by atoms with van der Waals surface area (Å²) in [5.41, 5.74) is 2.74. The van der Waals surface area contributed by atoms with E-state index in [-0.39, 0.29) is 0 Å². The van der Waals surface area contributed by atoms with E-state index in [1.165, 1.54) is 30.9 Å². The van der Waals surface area contributed by atoms with Crippen LogP contribution in [0.5, 0.6) is 0 Å². The molecule has 0 saturated carbocycles. The SMILES string of the molecule is Cc1nn(C)c2c1NCC1N2CCCC1(C)C. The van der Waals surface area contributed by atoms with Crippen LogP contribution < -0.4 is 10.2 Å². The van der Waals surface area contributed by atoms with Gasteiger partial charge in [-0.2, -0.15) is 5.10 Å². The first-order valence-corrected chi connectivity index (χ1v) is 6.55. The van der Waals surface area contributed by atoms with Gasteiger partial charge in [-0.3, -0.25) is 4.68 Å². The maximum absolute atomic E-state index is 4.54. The number of piperidine rings is 1. The molecule has 0 amide bonds. The van der Waals surface area contributed by atoms with E-state index >= 15 is 0 Å². The summed E-state index contributed by atoms with van der Waals surface area (Å²) in [6.45, 7) is 9.08. The summed E-state index contributed by atoms with van der Waals surface area (Å²) in [7, 11) is 2.05. The Morgan fingerprint density at radius 3 is 2.94 bits per heavy atom.